The molecule has 0 radical (unpaired) electrons. The monoisotopic (exact) mass is 423 g/mol. The highest BCUT2D eigenvalue weighted by molar-refractivity contribution is 6.00. The molecule has 2 heterocycles. The number of nitrogens with one attached hydrogen (secondary N) is 1. The van der Waals surface area contributed by atoms with Crippen LogP contribution in [0.1, 0.15) is 18.9 Å². The number of anilines is 1. The average Bonchev–Trinajstić information content (AvgIpc) is 2.79. The summed E-state index contributed by atoms with van der Waals surface area (Å²) in [5, 5.41) is 2.97. The molecule has 7 nitrogen and oxygen atoms in total. The number of hydrogen-bond donors (Lipinski definition) is 1. The fourth-order valence-electron chi connectivity index (χ4n) is 4.01. The molecule has 2 aliphatic heterocycles. The fourth-order valence-corrected chi connectivity index (χ4v) is 4.01. The lowest BCUT2D eigenvalue weighted by molar-refractivity contribution is -0.125. The van der Waals surface area contributed by atoms with E-state index in [2.05, 4.69) is 22.3 Å². The summed E-state index contributed by atoms with van der Waals surface area (Å²) < 4.78 is 11.5. The summed E-state index contributed by atoms with van der Waals surface area (Å²) in [6.45, 7) is 5.72. The molecule has 0 bridgehead atoms. The van der Waals surface area contributed by atoms with Crippen molar-refractivity contribution in [2.24, 2.45) is 0 Å². The van der Waals surface area contributed by atoms with Gasteiger partial charge >= 0.3 is 0 Å². The second-order valence-electron chi connectivity index (χ2n) is 7.99. The second-order valence-corrected chi connectivity index (χ2v) is 7.99. The van der Waals surface area contributed by atoms with Crippen LogP contribution >= 0.6 is 0 Å². The molecule has 2 atom stereocenters. The summed E-state index contributed by atoms with van der Waals surface area (Å²) in [4.78, 5) is 29.0. The molecule has 2 unspecified atom stereocenters. The standard InChI is InChI=1S/C24H29N3O4/c1-18-24(29)27(21-9-5-6-10-22(21)31-18)12-11-23(28)25-15-20-17-26(13-14-30-20)16-19-7-3-2-4-8-19/h2-10,18,20H,11-17H2,1H3,(H,25,28). The number of amides is 2. The summed E-state index contributed by atoms with van der Waals surface area (Å²) in [5.41, 5.74) is 1.99. The number of rotatable bonds is 7. The molecule has 1 N–H and O–H groups in total. The van der Waals surface area contributed by atoms with Crippen LogP contribution in [-0.4, -0.2) is 61.7 Å². The molecule has 7 heteroatoms. The average molecular weight is 424 g/mol. The minimum absolute atomic E-state index is 0.0350. The maximum absolute atomic E-state index is 12.5. The molecule has 0 aromatic heterocycles. The van der Waals surface area contributed by atoms with Crippen LogP contribution in [0.2, 0.25) is 0 Å². The van der Waals surface area contributed by atoms with Crippen LogP contribution in [0.15, 0.2) is 54.6 Å². The van der Waals surface area contributed by atoms with Gasteiger partial charge in [0.25, 0.3) is 5.91 Å². The van der Waals surface area contributed by atoms with Crippen LogP contribution in [0.4, 0.5) is 5.69 Å². The molecule has 164 valence electrons. The van der Waals surface area contributed by atoms with Crippen LogP contribution in [-0.2, 0) is 20.9 Å². The number of ether oxygens (including phenoxy) is 2. The fraction of sp³-hybridized carbons (Fsp3) is 0.417. The van der Waals surface area contributed by atoms with Crippen LogP contribution in [0.25, 0.3) is 0 Å². The minimum atomic E-state index is -0.552. The van der Waals surface area contributed by atoms with Crippen molar-refractivity contribution < 1.29 is 19.1 Å². The molecule has 1 saturated heterocycles. The Morgan fingerprint density at radius 3 is 2.74 bits per heavy atom. The molecule has 2 aromatic rings. The molecule has 1 fully saturated rings. The summed E-state index contributed by atoms with van der Waals surface area (Å²) in [6, 6.07) is 17.8. The molecule has 2 amide bonds. The van der Waals surface area contributed by atoms with Gasteiger partial charge in [-0.2, -0.15) is 0 Å². The van der Waals surface area contributed by atoms with E-state index in [-0.39, 0.29) is 24.3 Å². The van der Waals surface area contributed by atoms with Gasteiger partial charge in [-0.05, 0) is 24.6 Å². The minimum Gasteiger partial charge on any atom is -0.479 e. The predicted molar refractivity (Wildman–Crippen MR) is 118 cm³/mol. The Bertz CT molecular complexity index is 905. The van der Waals surface area contributed by atoms with Crippen molar-refractivity contribution in [1.29, 1.82) is 0 Å². The molecule has 2 aromatic carbocycles. The van der Waals surface area contributed by atoms with E-state index < -0.39 is 6.10 Å². The molecule has 31 heavy (non-hydrogen) atoms. The zero-order valence-electron chi connectivity index (χ0n) is 17.8. The molecule has 2 aliphatic rings. The SMILES string of the molecule is CC1Oc2ccccc2N(CCC(=O)NCC2CN(Cc3ccccc3)CCO2)C1=O. The molecular weight excluding hydrogens is 394 g/mol. The number of para-hydroxylation sites is 2. The van der Waals surface area contributed by atoms with Crippen LogP contribution in [0, 0.1) is 0 Å². The highest BCUT2D eigenvalue weighted by atomic mass is 16.5. The Hall–Kier alpha value is -2.90. The summed E-state index contributed by atoms with van der Waals surface area (Å²) in [6.07, 6.45) is -0.357. The number of morpholine rings is 1. The van der Waals surface area contributed by atoms with Gasteiger partial charge in [-0.15, -0.1) is 0 Å². The van der Waals surface area contributed by atoms with Gasteiger partial charge in [-0.3, -0.25) is 14.5 Å². The first-order valence-corrected chi connectivity index (χ1v) is 10.8. The third kappa shape index (κ3) is 5.42. The lowest BCUT2D eigenvalue weighted by Gasteiger charge is -2.33. The van der Waals surface area contributed by atoms with Gasteiger partial charge in [0.2, 0.25) is 5.91 Å². The third-order valence-electron chi connectivity index (χ3n) is 5.63. The quantitative estimate of drug-likeness (QED) is 0.739. The van der Waals surface area contributed by atoms with E-state index in [1.54, 1.807) is 11.8 Å². The smallest absolute Gasteiger partial charge is 0.267 e. The summed E-state index contributed by atoms with van der Waals surface area (Å²) in [5.74, 6) is 0.455. The molecule has 4 rings (SSSR count). The van der Waals surface area contributed by atoms with Crippen molar-refractivity contribution in [1.82, 2.24) is 10.2 Å². The topological polar surface area (TPSA) is 71.1 Å². The molecule has 0 spiro atoms. The number of fused-ring (bicyclic) bond motifs is 1. The maximum Gasteiger partial charge on any atom is 0.267 e. The van der Waals surface area contributed by atoms with E-state index in [1.807, 2.05) is 42.5 Å². The van der Waals surface area contributed by atoms with Crippen molar-refractivity contribution >= 4 is 17.5 Å². The first-order chi connectivity index (χ1) is 15.1. The molecule has 0 aliphatic carbocycles. The van der Waals surface area contributed by atoms with Crippen molar-refractivity contribution in [3.63, 3.8) is 0 Å². The summed E-state index contributed by atoms with van der Waals surface area (Å²) in [7, 11) is 0. The van der Waals surface area contributed by atoms with Gasteiger partial charge in [0.15, 0.2) is 6.10 Å². The van der Waals surface area contributed by atoms with Crippen LogP contribution < -0.4 is 15.0 Å². The largest absolute Gasteiger partial charge is 0.479 e. The normalized spacial score (nSPS) is 21.3. The lowest BCUT2D eigenvalue weighted by atomic mass is 10.1. The first-order valence-electron chi connectivity index (χ1n) is 10.8. The highest BCUT2D eigenvalue weighted by Gasteiger charge is 2.31. The maximum atomic E-state index is 12.5. The van der Waals surface area contributed by atoms with E-state index in [0.717, 1.165) is 19.6 Å². The van der Waals surface area contributed by atoms with Gasteiger partial charge in [-0.25, -0.2) is 0 Å². The number of carbonyl (C=O) groups is 2. The Morgan fingerprint density at radius 1 is 1.13 bits per heavy atom. The molecular formula is C24H29N3O4. The second kappa shape index (κ2) is 9.94. The van der Waals surface area contributed by atoms with E-state index in [4.69, 9.17) is 9.47 Å². The van der Waals surface area contributed by atoms with Crippen LogP contribution in [0.3, 0.4) is 0 Å². The van der Waals surface area contributed by atoms with Crippen molar-refractivity contribution in [3.8, 4) is 5.75 Å². The van der Waals surface area contributed by atoms with E-state index in [0.29, 0.717) is 31.1 Å². The zero-order chi connectivity index (χ0) is 21.6. The predicted octanol–water partition coefficient (Wildman–Crippen LogP) is 2.21. The zero-order valence-corrected chi connectivity index (χ0v) is 17.8. The Morgan fingerprint density at radius 2 is 1.90 bits per heavy atom. The summed E-state index contributed by atoms with van der Waals surface area (Å²) >= 11 is 0. The first kappa shape index (κ1) is 21.3. The highest BCUT2D eigenvalue weighted by Crippen LogP contribution is 2.33. The molecule has 0 saturated carbocycles. The number of carbonyl (C=O) groups excluding carboxylic acids is 2. The Labute approximate surface area is 182 Å². The Balaban J connectivity index is 1.24. The van der Waals surface area contributed by atoms with Gasteiger partial charge in [0.05, 0.1) is 18.4 Å². The number of nitrogens with zero attached hydrogens (tertiary/aromatic N) is 2. The third-order valence-corrected chi connectivity index (χ3v) is 5.63. The van der Waals surface area contributed by atoms with E-state index in [1.165, 1.54) is 5.56 Å². The van der Waals surface area contributed by atoms with Gasteiger partial charge < -0.3 is 19.7 Å². The van der Waals surface area contributed by atoms with Gasteiger partial charge in [0.1, 0.15) is 5.75 Å². The lowest BCUT2D eigenvalue weighted by Crippen LogP contribution is -2.48. The van der Waals surface area contributed by atoms with E-state index in [9.17, 15) is 9.59 Å². The van der Waals surface area contributed by atoms with Crippen molar-refractivity contribution in [2.45, 2.75) is 32.1 Å². The van der Waals surface area contributed by atoms with Crippen molar-refractivity contribution in [3.05, 3.63) is 60.2 Å². The van der Waals surface area contributed by atoms with Crippen molar-refractivity contribution in [2.75, 3.05) is 37.7 Å². The number of hydrogen-bond acceptors (Lipinski definition) is 5. The number of benzene rings is 2. The van der Waals surface area contributed by atoms with E-state index >= 15 is 0 Å². The Kier molecular flexibility index (Phi) is 6.84. The van der Waals surface area contributed by atoms with Crippen LogP contribution in [0.5, 0.6) is 5.75 Å². The van der Waals surface area contributed by atoms with Gasteiger partial charge in [-0.1, -0.05) is 42.5 Å². The van der Waals surface area contributed by atoms with Gasteiger partial charge in [0, 0.05) is 39.1 Å².